The van der Waals surface area contributed by atoms with Crippen molar-refractivity contribution in [3.05, 3.63) is 47.2 Å². The lowest BCUT2D eigenvalue weighted by Crippen LogP contribution is -2.39. The van der Waals surface area contributed by atoms with Crippen molar-refractivity contribution in [2.75, 3.05) is 13.1 Å². The number of nitrogens with zero attached hydrogens (tertiary/aromatic N) is 5. The van der Waals surface area contributed by atoms with Crippen LogP contribution in [0.5, 0.6) is 0 Å². The van der Waals surface area contributed by atoms with Gasteiger partial charge in [0.25, 0.3) is 0 Å². The summed E-state index contributed by atoms with van der Waals surface area (Å²) in [5, 5.41) is 12.5. The van der Waals surface area contributed by atoms with Crippen LogP contribution >= 0.6 is 0 Å². The zero-order chi connectivity index (χ0) is 17.4. The predicted molar refractivity (Wildman–Crippen MR) is 91.2 cm³/mol. The van der Waals surface area contributed by atoms with E-state index in [2.05, 4.69) is 15.4 Å². The molecule has 0 aromatic carbocycles. The lowest BCUT2D eigenvalue weighted by molar-refractivity contribution is -0.131. The van der Waals surface area contributed by atoms with Crippen LogP contribution in [-0.2, 0) is 11.2 Å². The van der Waals surface area contributed by atoms with Gasteiger partial charge in [-0.25, -0.2) is 0 Å². The third-order valence-corrected chi connectivity index (χ3v) is 5.06. The number of likely N-dealkylation sites (tertiary alicyclic amines) is 1. The minimum atomic E-state index is 0.138. The maximum Gasteiger partial charge on any atom is 0.227 e. The average Bonchev–Trinajstić information content (AvgIpc) is 3.20. The molecule has 1 saturated heterocycles. The first kappa shape index (κ1) is 15.8. The van der Waals surface area contributed by atoms with E-state index in [1.807, 2.05) is 47.5 Å². The van der Waals surface area contributed by atoms with Crippen LogP contribution in [0.4, 0.5) is 0 Å². The van der Waals surface area contributed by atoms with Gasteiger partial charge in [-0.3, -0.25) is 9.20 Å². The number of fused-ring (bicyclic) bond motifs is 1. The van der Waals surface area contributed by atoms with Crippen LogP contribution in [-0.4, -0.2) is 43.7 Å². The number of piperidine rings is 1. The summed E-state index contributed by atoms with van der Waals surface area (Å²) in [5.74, 6) is 2.20. The number of pyridine rings is 1. The van der Waals surface area contributed by atoms with Gasteiger partial charge in [0.2, 0.25) is 5.91 Å². The molecule has 0 bridgehead atoms. The maximum atomic E-state index is 12.6. The van der Waals surface area contributed by atoms with Gasteiger partial charge in [0.05, 0.1) is 12.1 Å². The molecule has 0 atom stereocenters. The molecular formula is C18H21N5O2. The summed E-state index contributed by atoms with van der Waals surface area (Å²) >= 11 is 0. The molecule has 7 nitrogen and oxygen atoms in total. The van der Waals surface area contributed by atoms with Gasteiger partial charge < -0.3 is 9.42 Å². The first-order valence-electron chi connectivity index (χ1n) is 8.62. The lowest BCUT2D eigenvalue weighted by atomic mass is 9.95. The van der Waals surface area contributed by atoms with E-state index in [4.69, 9.17) is 4.52 Å². The molecule has 130 valence electrons. The van der Waals surface area contributed by atoms with Crippen molar-refractivity contribution >= 4 is 11.6 Å². The molecule has 4 heterocycles. The summed E-state index contributed by atoms with van der Waals surface area (Å²) in [6.45, 7) is 5.22. The monoisotopic (exact) mass is 339 g/mol. The summed E-state index contributed by atoms with van der Waals surface area (Å²) in [6, 6.07) is 5.91. The average molecular weight is 339 g/mol. The molecule has 0 saturated carbocycles. The molecule has 1 aliphatic heterocycles. The second kappa shape index (κ2) is 6.31. The van der Waals surface area contributed by atoms with E-state index < -0.39 is 0 Å². The van der Waals surface area contributed by atoms with Crippen molar-refractivity contribution in [3.8, 4) is 0 Å². The third-order valence-electron chi connectivity index (χ3n) is 5.06. The Morgan fingerprint density at radius 1 is 1.24 bits per heavy atom. The SMILES string of the molecule is Cc1noc(C)c1CC(=O)N1CCC(c2nnc3ccccn23)CC1. The highest BCUT2D eigenvalue weighted by Gasteiger charge is 2.27. The molecule has 0 N–H and O–H groups in total. The Morgan fingerprint density at radius 3 is 2.76 bits per heavy atom. The Morgan fingerprint density at radius 2 is 2.04 bits per heavy atom. The van der Waals surface area contributed by atoms with Crippen molar-refractivity contribution in [3.63, 3.8) is 0 Å². The number of aromatic nitrogens is 4. The van der Waals surface area contributed by atoms with Crippen LogP contribution < -0.4 is 0 Å². The van der Waals surface area contributed by atoms with E-state index in [0.717, 1.165) is 54.4 Å². The van der Waals surface area contributed by atoms with E-state index in [1.54, 1.807) is 0 Å². The van der Waals surface area contributed by atoms with Crippen LogP contribution in [0.25, 0.3) is 5.65 Å². The molecule has 1 aliphatic rings. The van der Waals surface area contributed by atoms with Gasteiger partial charge in [0.1, 0.15) is 11.6 Å². The number of carbonyl (C=O) groups is 1. The molecule has 7 heteroatoms. The molecule has 0 radical (unpaired) electrons. The fourth-order valence-corrected chi connectivity index (χ4v) is 3.54. The zero-order valence-electron chi connectivity index (χ0n) is 14.5. The molecule has 3 aromatic rings. The van der Waals surface area contributed by atoms with Gasteiger partial charge in [-0.2, -0.15) is 0 Å². The molecule has 0 spiro atoms. The Balaban J connectivity index is 1.42. The summed E-state index contributed by atoms with van der Waals surface area (Å²) in [4.78, 5) is 14.5. The van der Waals surface area contributed by atoms with Crippen molar-refractivity contribution in [1.29, 1.82) is 0 Å². The summed E-state index contributed by atoms with van der Waals surface area (Å²) in [5.41, 5.74) is 2.58. The zero-order valence-corrected chi connectivity index (χ0v) is 14.5. The van der Waals surface area contributed by atoms with E-state index in [1.165, 1.54) is 0 Å². The minimum Gasteiger partial charge on any atom is -0.361 e. The normalized spacial score (nSPS) is 15.8. The number of rotatable bonds is 3. The van der Waals surface area contributed by atoms with Gasteiger partial charge in [-0.15, -0.1) is 10.2 Å². The van der Waals surface area contributed by atoms with E-state index >= 15 is 0 Å². The Labute approximate surface area is 145 Å². The molecule has 1 fully saturated rings. The number of aryl methyl sites for hydroxylation is 2. The highest BCUT2D eigenvalue weighted by Crippen LogP contribution is 2.27. The fraction of sp³-hybridized carbons (Fsp3) is 0.444. The Hall–Kier alpha value is -2.70. The van der Waals surface area contributed by atoms with Crippen LogP contribution in [0.1, 0.15) is 41.6 Å². The number of hydrogen-bond acceptors (Lipinski definition) is 5. The highest BCUT2D eigenvalue weighted by molar-refractivity contribution is 5.79. The van der Waals surface area contributed by atoms with E-state index in [0.29, 0.717) is 12.3 Å². The van der Waals surface area contributed by atoms with Crippen molar-refractivity contribution in [2.24, 2.45) is 0 Å². The Kier molecular flexibility index (Phi) is 3.99. The molecule has 0 aliphatic carbocycles. The van der Waals surface area contributed by atoms with Crippen molar-refractivity contribution in [2.45, 2.75) is 39.0 Å². The van der Waals surface area contributed by atoms with Crippen LogP contribution in [0.3, 0.4) is 0 Å². The molecule has 0 unspecified atom stereocenters. The summed E-state index contributed by atoms with van der Waals surface area (Å²) < 4.78 is 7.20. The second-order valence-electron chi connectivity index (χ2n) is 6.62. The number of hydrogen-bond donors (Lipinski definition) is 0. The first-order chi connectivity index (χ1) is 12.1. The Bertz CT molecular complexity index is 886. The molecular weight excluding hydrogens is 318 g/mol. The van der Waals surface area contributed by atoms with Gasteiger partial charge in [0.15, 0.2) is 5.65 Å². The summed E-state index contributed by atoms with van der Waals surface area (Å²) in [6.07, 6.45) is 4.17. The second-order valence-corrected chi connectivity index (χ2v) is 6.62. The van der Waals surface area contributed by atoms with Crippen LogP contribution in [0.2, 0.25) is 0 Å². The van der Waals surface area contributed by atoms with Gasteiger partial charge in [0, 0.05) is 30.8 Å². The largest absolute Gasteiger partial charge is 0.361 e. The van der Waals surface area contributed by atoms with E-state index in [9.17, 15) is 4.79 Å². The standard InChI is InChI=1S/C18H21N5O2/c1-12-15(13(2)25-21-12)11-17(24)22-9-6-14(7-10-22)18-20-19-16-5-3-4-8-23(16)18/h3-5,8,14H,6-7,9-11H2,1-2H3. The predicted octanol–water partition coefficient (Wildman–Crippen LogP) is 2.28. The maximum absolute atomic E-state index is 12.6. The quantitative estimate of drug-likeness (QED) is 0.732. The molecule has 1 amide bonds. The first-order valence-corrected chi connectivity index (χ1v) is 8.62. The molecule has 25 heavy (non-hydrogen) atoms. The lowest BCUT2D eigenvalue weighted by Gasteiger charge is -2.31. The van der Waals surface area contributed by atoms with Crippen molar-refractivity contribution in [1.82, 2.24) is 24.7 Å². The highest BCUT2D eigenvalue weighted by atomic mass is 16.5. The molecule has 4 rings (SSSR count). The van der Waals surface area contributed by atoms with Gasteiger partial charge in [-0.1, -0.05) is 11.2 Å². The third kappa shape index (κ3) is 2.90. The van der Waals surface area contributed by atoms with Gasteiger partial charge >= 0.3 is 0 Å². The van der Waals surface area contributed by atoms with Crippen LogP contribution in [0.15, 0.2) is 28.9 Å². The summed E-state index contributed by atoms with van der Waals surface area (Å²) in [7, 11) is 0. The topological polar surface area (TPSA) is 76.5 Å². The van der Waals surface area contributed by atoms with Gasteiger partial charge in [-0.05, 0) is 38.8 Å². The van der Waals surface area contributed by atoms with Crippen molar-refractivity contribution < 1.29 is 9.32 Å². The minimum absolute atomic E-state index is 0.138. The van der Waals surface area contributed by atoms with Crippen LogP contribution in [0, 0.1) is 13.8 Å². The smallest absolute Gasteiger partial charge is 0.227 e. The van der Waals surface area contributed by atoms with E-state index in [-0.39, 0.29) is 5.91 Å². The molecule has 3 aromatic heterocycles. The number of carbonyl (C=O) groups excluding carboxylic acids is 1. The number of amides is 1. The fourth-order valence-electron chi connectivity index (χ4n) is 3.54.